The minimum atomic E-state index is -0.0675. The number of hydrogen-bond donors (Lipinski definition) is 1. The highest BCUT2D eigenvalue weighted by Gasteiger charge is 2.36. The Hall–Kier alpha value is -6.32. The number of anilines is 2. The van der Waals surface area contributed by atoms with Gasteiger partial charge in [-0.15, -0.1) is 0 Å². The Balaban J connectivity index is 1.04. The molecule has 1 N–H and O–H groups in total. The summed E-state index contributed by atoms with van der Waals surface area (Å²) in [5.41, 5.74) is 16.4. The van der Waals surface area contributed by atoms with Crippen LogP contribution in [0.4, 0.5) is 11.4 Å². The molecule has 1 unspecified atom stereocenters. The molecule has 53 heavy (non-hydrogen) atoms. The van der Waals surface area contributed by atoms with E-state index >= 15 is 0 Å². The van der Waals surface area contributed by atoms with E-state index in [1.807, 2.05) is 0 Å². The van der Waals surface area contributed by atoms with Crippen molar-refractivity contribution in [3.05, 3.63) is 198 Å². The highest BCUT2D eigenvalue weighted by Crippen LogP contribution is 2.50. The minimum Gasteiger partial charge on any atom is -0.387 e. The van der Waals surface area contributed by atoms with Gasteiger partial charge in [0.25, 0.3) is 0 Å². The molecule has 3 nitrogen and oxygen atoms in total. The van der Waals surface area contributed by atoms with Crippen LogP contribution in [0.2, 0.25) is 0 Å². The third-order valence-electron chi connectivity index (χ3n) is 11.5. The van der Waals surface area contributed by atoms with E-state index < -0.39 is 0 Å². The van der Waals surface area contributed by atoms with Crippen molar-refractivity contribution in [3.63, 3.8) is 0 Å². The van der Waals surface area contributed by atoms with Gasteiger partial charge >= 0.3 is 0 Å². The molecule has 10 rings (SSSR count). The van der Waals surface area contributed by atoms with Crippen molar-refractivity contribution in [2.24, 2.45) is 0 Å². The molecule has 1 atom stereocenters. The van der Waals surface area contributed by atoms with E-state index in [-0.39, 0.29) is 11.5 Å². The number of para-hydroxylation sites is 2. The first kappa shape index (κ1) is 31.4. The summed E-state index contributed by atoms with van der Waals surface area (Å²) in [4.78, 5) is 2.53. The summed E-state index contributed by atoms with van der Waals surface area (Å²) in [5, 5.41) is 5.90. The van der Waals surface area contributed by atoms with Crippen LogP contribution in [-0.2, 0) is 5.41 Å². The molecule has 2 heterocycles. The Morgan fingerprint density at radius 1 is 0.623 bits per heavy atom. The molecule has 0 fully saturated rings. The maximum Gasteiger partial charge on any atom is 0.0560 e. The Labute approximate surface area is 311 Å². The summed E-state index contributed by atoms with van der Waals surface area (Å²) in [6, 6.07) is 51.7. The maximum absolute atomic E-state index is 3.37. The number of nitrogens with one attached hydrogen (secondary N) is 1. The molecule has 1 aromatic heterocycles. The van der Waals surface area contributed by atoms with E-state index in [4.69, 9.17) is 0 Å². The highest BCUT2D eigenvalue weighted by atomic mass is 15.2. The summed E-state index contributed by atoms with van der Waals surface area (Å²) in [6.07, 6.45) is 14.5. The Morgan fingerprint density at radius 3 is 2.17 bits per heavy atom. The van der Waals surface area contributed by atoms with Crippen molar-refractivity contribution >= 4 is 33.2 Å². The van der Waals surface area contributed by atoms with E-state index in [9.17, 15) is 0 Å². The van der Waals surface area contributed by atoms with Crippen molar-refractivity contribution in [2.75, 3.05) is 11.4 Å². The van der Waals surface area contributed by atoms with Gasteiger partial charge in [0.05, 0.1) is 17.1 Å². The van der Waals surface area contributed by atoms with Crippen molar-refractivity contribution in [1.29, 1.82) is 0 Å². The fourth-order valence-corrected chi connectivity index (χ4v) is 8.86. The van der Waals surface area contributed by atoms with Gasteiger partial charge in [-0.3, -0.25) is 0 Å². The van der Waals surface area contributed by atoms with Gasteiger partial charge in [-0.1, -0.05) is 129 Å². The standard InChI is InChI=1S/C50H41N3/c1-50(2)46-16-8-6-14-42(46)43-28-27-41(32-47(43)50)52(40-25-20-35(21-26-40)37-11-10-30-51-33-37)39-23-18-34(19-24-39)36-22-29-49-45(31-36)44-15-7-9-17-48(44)53(49)38-12-4-3-5-13-38/h3-25,27-29,31-33,40,51H,26,30H2,1-2H3. The average Bonchev–Trinajstić information content (AvgIpc) is 3.67. The maximum atomic E-state index is 3.37. The van der Waals surface area contributed by atoms with Crippen LogP contribution in [0.5, 0.6) is 0 Å². The number of fused-ring (bicyclic) bond motifs is 6. The fourth-order valence-electron chi connectivity index (χ4n) is 8.86. The Morgan fingerprint density at radius 2 is 1.36 bits per heavy atom. The lowest BCUT2D eigenvalue weighted by molar-refractivity contribution is 0.659. The van der Waals surface area contributed by atoms with Gasteiger partial charge in [0.1, 0.15) is 0 Å². The molecule has 1 aliphatic heterocycles. The molecule has 3 aliphatic rings. The van der Waals surface area contributed by atoms with Crippen LogP contribution in [0.1, 0.15) is 31.4 Å². The van der Waals surface area contributed by atoms with E-state index in [1.165, 1.54) is 83.4 Å². The van der Waals surface area contributed by atoms with E-state index in [1.54, 1.807) is 0 Å². The summed E-state index contributed by atoms with van der Waals surface area (Å²) >= 11 is 0. The van der Waals surface area contributed by atoms with Crippen LogP contribution >= 0.6 is 0 Å². The summed E-state index contributed by atoms with van der Waals surface area (Å²) < 4.78 is 2.38. The zero-order valence-electron chi connectivity index (χ0n) is 30.1. The van der Waals surface area contributed by atoms with Crippen molar-refractivity contribution in [2.45, 2.75) is 31.7 Å². The third kappa shape index (κ3) is 5.18. The predicted molar refractivity (Wildman–Crippen MR) is 223 cm³/mol. The van der Waals surface area contributed by atoms with Gasteiger partial charge in [0.15, 0.2) is 0 Å². The first-order chi connectivity index (χ1) is 26.0. The van der Waals surface area contributed by atoms with Crippen LogP contribution < -0.4 is 10.2 Å². The number of hydrogen-bond acceptors (Lipinski definition) is 2. The number of aromatic nitrogens is 1. The lowest BCUT2D eigenvalue weighted by Gasteiger charge is -2.34. The van der Waals surface area contributed by atoms with Crippen molar-refractivity contribution in [3.8, 4) is 27.9 Å². The molecule has 256 valence electrons. The van der Waals surface area contributed by atoms with E-state index in [0.717, 1.165) is 13.0 Å². The first-order valence-electron chi connectivity index (χ1n) is 18.8. The number of dihydropyridines is 1. The normalized spacial score (nSPS) is 16.9. The van der Waals surface area contributed by atoms with E-state index in [0.29, 0.717) is 0 Å². The van der Waals surface area contributed by atoms with Crippen molar-refractivity contribution in [1.82, 2.24) is 9.88 Å². The molecule has 0 spiro atoms. The molecule has 0 saturated heterocycles. The summed E-state index contributed by atoms with van der Waals surface area (Å²) in [6.45, 7) is 5.61. The fraction of sp³-hybridized carbons (Fsp3) is 0.120. The average molecular weight is 684 g/mol. The molecule has 0 amide bonds. The SMILES string of the molecule is CC1(C)c2ccccc2-c2ccc(N(c3ccc(-c4ccc5c(c4)c4ccccc4n5-c4ccccc4)cc3)C3C=CC(C4=CNCC=C4)=CC3)cc21. The minimum absolute atomic E-state index is 0.0675. The quantitative estimate of drug-likeness (QED) is 0.188. The molecule has 2 aliphatic carbocycles. The molecule has 7 aromatic rings. The van der Waals surface area contributed by atoms with Crippen LogP contribution in [0.25, 0.3) is 49.7 Å². The molecule has 0 radical (unpaired) electrons. The second-order valence-corrected chi connectivity index (χ2v) is 15.0. The third-order valence-corrected chi connectivity index (χ3v) is 11.5. The smallest absolute Gasteiger partial charge is 0.0560 e. The molecular weight excluding hydrogens is 643 g/mol. The number of benzene rings is 6. The van der Waals surface area contributed by atoms with Crippen LogP contribution in [0, 0.1) is 0 Å². The Kier molecular flexibility index (Phi) is 7.36. The number of nitrogens with zero attached hydrogens (tertiary/aromatic N) is 2. The van der Waals surface area contributed by atoms with Crippen LogP contribution in [-0.4, -0.2) is 17.2 Å². The molecule has 0 bridgehead atoms. The topological polar surface area (TPSA) is 20.2 Å². The van der Waals surface area contributed by atoms with Gasteiger partial charge in [0, 0.05) is 46.0 Å². The Bertz CT molecular complexity index is 2670. The lowest BCUT2D eigenvalue weighted by Crippen LogP contribution is -2.30. The predicted octanol–water partition coefficient (Wildman–Crippen LogP) is 12.2. The highest BCUT2D eigenvalue weighted by molar-refractivity contribution is 6.10. The largest absolute Gasteiger partial charge is 0.387 e. The van der Waals surface area contributed by atoms with Gasteiger partial charge in [-0.05, 0) is 106 Å². The van der Waals surface area contributed by atoms with E-state index in [2.05, 4.69) is 205 Å². The first-order valence-corrected chi connectivity index (χ1v) is 18.8. The monoisotopic (exact) mass is 683 g/mol. The molecule has 0 saturated carbocycles. The lowest BCUT2D eigenvalue weighted by atomic mass is 9.82. The summed E-state index contributed by atoms with van der Waals surface area (Å²) in [7, 11) is 0. The van der Waals surface area contributed by atoms with Crippen LogP contribution in [0.3, 0.4) is 0 Å². The van der Waals surface area contributed by atoms with Gasteiger partial charge in [-0.25, -0.2) is 0 Å². The zero-order chi connectivity index (χ0) is 35.5. The second kappa shape index (κ2) is 12.4. The van der Waals surface area contributed by atoms with Gasteiger partial charge < -0.3 is 14.8 Å². The second-order valence-electron chi connectivity index (χ2n) is 15.0. The van der Waals surface area contributed by atoms with Gasteiger partial charge in [-0.2, -0.15) is 0 Å². The number of allylic oxidation sites excluding steroid dienone is 4. The zero-order valence-corrected chi connectivity index (χ0v) is 30.1. The van der Waals surface area contributed by atoms with Crippen molar-refractivity contribution < 1.29 is 0 Å². The number of rotatable bonds is 6. The molecule has 6 aromatic carbocycles. The van der Waals surface area contributed by atoms with Crippen LogP contribution in [0.15, 0.2) is 187 Å². The molecule has 3 heteroatoms. The van der Waals surface area contributed by atoms with Gasteiger partial charge in [0.2, 0.25) is 0 Å². The molecular formula is C50H41N3. The summed E-state index contributed by atoms with van der Waals surface area (Å²) in [5.74, 6) is 0.